The van der Waals surface area contributed by atoms with Crippen LogP contribution in [0.1, 0.15) is 36.7 Å². The van der Waals surface area contributed by atoms with Crippen LogP contribution in [0, 0.1) is 18.6 Å². The normalized spacial score (nSPS) is 11.8. The van der Waals surface area contributed by atoms with Crippen molar-refractivity contribution >= 4 is 23.2 Å². The first-order valence-corrected chi connectivity index (χ1v) is 11.4. The standard InChI is InChI=1S/C24H19ClF5N3O4/c1-3-4-6-13-10-36-21(32-13)19-12(2)31-20-18(35-11-14-16(26)7-5-8-17(14)27)9-15(25)22(33(19)20)37-23(34)24(28,29)30/h5,7-10H,3-4,6,11H2,1-2H3. The SMILES string of the molecule is CCCCc1coc(-c2c(C)nc3c(OCc4c(F)cccc4F)cc(Cl)c(OC(=O)C(F)(F)F)n23)n1. The van der Waals surface area contributed by atoms with E-state index in [2.05, 4.69) is 14.7 Å². The number of alkyl halides is 3. The molecule has 196 valence electrons. The summed E-state index contributed by atoms with van der Waals surface area (Å²) in [7, 11) is 0. The summed E-state index contributed by atoms with van der Waals surface area (Å²) in [5.41, 5.74) is 0.325. The summed E-state index contributed by atoms with van der Waals surface area (Å²) >= 11 is 6.22. The molecule has 7 nitrogen and oxygen atoms in total. The first kappa shape index (κ1) is 26.4. The van der Waals surface area contributed by atoms with Crippen LogP contribution < -0.4 is 9.47 Å². The molecule has 3 aromatic heterocycles. The van der Waals surface area contributed by atoms with Crippen molar-refractivity contribution in [2.45, 2.75) is 45.9 Å². The third-order valence-corrected chi connectivity index (χ3v) is 5.60. The minimum atomic E-state index is -5.32. The summed E-state index contributed by atoms with van der Waals surface area (Å²) in [5.74, 6) is -5.13. The van der Waals surface area contributed by atoms with Crippen LogP contribution in [0.25, 0.3) is 17.2 Å². The van der Waals surface area contributed by atoms with Crippen LogP contribution in [-0.4, -0.2) is 26.5 Å². The van der Waals surface area contributed by atoms with Gasteiger partial charge in [0.2, 0.25) is 11.8 Å². The van der Waals surface area contributed by atoms with Crippen molar-refractivity contribution in [3.8, 4) is 23.2 Å². The van der Waals surface area contributed by atoms with Crippen LogP contribution in [0.15, 0.2) is 34.9 Å². The van der Waals surface area contributed by atoms with Gasteiger partial charge in [0.1, 0.15) is 35.2 Å². The average Bonchev–Trinajstić information content (AvgIpc) is 3.42. The number of oxazole rings is 1. The molecule has 0 spiro atoms. The molecule has 0 saturated heterocycles. The topological polar surface area (TPSA) is 78.9 Å². The highest BCUT2D eigenvalue weighted by molar-refractivity contribution is 6.32. The number of fused-ring (bicyclic) bond motifs is 1. The third-order valence-electron chi connectivity index (χ3n) is 5.33. The van der Waals surface area contributed by atoms with E-state index in [1.165, 1.54) is 19.3 Å². The first-order chi connectivity index (χ1) is 17.5. The number of benzene rings is 1. The lowest BCUT2D eigenvalue weighted by atomic mass is 10.2. The first-order valence-electron chi connectivity index (χ1n) is 11.0. The largest absolute Gasteiger partial charge is 0.491 e. The molecule has 0 bridgehead atoms. The molecule has 0 aliphatic rings. The molecule has 0 radical (unpaired) electrons. The van der Waals surface area contributed by atoms with E-state index in [4.69, 9.17) is 20.8 Å². The number of rotatable bonds is 8. The smallest absolute Gasteiger partial charge is 0.485 e. The van der Waals surface area contributed by atoms with Crippen molar-refractivity contribution in [1.29, 1.82) is 0 Å². The van der Waals surface area contributed by atoms with E-state index in [0.717, 1.165) is 35.4 Å². The Hall–Kier alpha value is -3.67. The molecule has 0 fully saturated rings. The molecule has 0 saturated carbocycles. The number of halogens is 6. The number of hydrogen-bond acceptors (Lipinski definition) is 6. The van der Waals surface area contributed by atoms with Crippen LogP contribution in [0.4, 0.5) is 22.0 Å². The molecule has 4 rings (SSSR count). The number of ether oxygens (including phenoxy) is 2. The summed E-state index contributed by atoms with van der Waals surface area (Å²) in [6, 6.07) is 4.30. The number of aryl methyl sites for hydroxylation is 2. The van der Waals surface area contributed by atoms with Crippen molar-refractivity contribution in [3.63, 3.8) is 0 Å². The third kappa shape index (κ3) is 5.38. The van der Waals surface area contributed by atoms with Gasteiger partial charge in [-0.1, -0.05) is 31.0 Å². The van der Waals surface area contributed by atoms with Gasteiger partial charge in [0.05, 0.1) is 17.0 Å². The maximum absolute atomic E-state index is 14.1. The van der Waals surface area contributed by atoms with Gasteiger partial charge in [-0.25, -0.2) is 23.5 Å². The Labute approximate surface area is 211 Å². The van der Waals surface area contributed by atoms with Gasteiger partial charge in [0.15, 0.2) is 11.4 Å². The van der Waals surface area contributed by atoms with E-state index in [-0.39, 0.29) is 34.2 Å². The lowest BCUT2D eigenvalue weighted by molar-refractivity contribution is -0.190. The van der Waals surface area contributed by atoms with Crippen LogP contribution in [-0.2, 0) is 17.8 Å². The lowest BCUT2D eigenvalue weighted by Crippen LogP contribution is -2.28. The number of carbonyl (C=O) groups is 1. The van der Waals surface area contributed by atoms with Crippen molar-refractivity contribution < 1.29 is 40.6 Å². The molecule has 3 heterocycles. The van der Waals surface area contributed by atoms with E-state index >= 15 is 0 Å². The van der Waals surface area contributed by atoms with E-state index in [1.54, 1.807) is 0 Å². The molecule has 1 aromatic carbocycles. The summed E-state index contributed by atoms with van der Waals surface area (Å²) in [6.45, 7) is 2.92. The average molecular weight is 544 g/mol. The van der Waals surface area contributed by atoms with Crippen LogP contribution in [0.5, 0.6) is 11.6 Å². The second-order valence-corrected chi connectivity index (χ2v) is 8.40. The number of carbonyl (C=O) groups excluding carboxylic acids is 1. The fourth-order valence-corrected chi connectivity index (χ4v) is 3.77. The van der Waals surface area contributed by atoms with Gasteiger partial charge in [-0.2, -0.15) is 13.2 Å². The number of esters is 1. The lowest BCUT2D eigenvalue weighted by Gasteiger charge is -2.15. The number of hydrogen-bond donors (Lipinski definition) is 0. The zero-order valence-corrected chi connectivity index (χ0v) is 20.2. The van der Waals surface area contributed by atoms with Gasteiger partial charge in [0, 0.05) is 6.07 Å². The Morgan fingerprint density at radius 1 is 1.19 bits per heavy atom. The van der Waals surface area contributed by atoms with Crippen LogP contribution in [0.2, 0.25) is 5.02 Å². The van der Waals surface area contributed by atoms with Gasteiger partial charge < -0.3 is 13.9 Å². The highest BCUT2D eigenvalue weighted by atomic mass is 35.5. The Balaban J connectivity index is 1.86. The number of unbranched alkanes of at least 4 members (excludes halogenated alkanes) is 1. The van der Waals surface area contributed by atoms with Gasteiger partial charge in [0.25, 0.3) is 0 Å². The maximum atomic E-state index is 14.1. The molecule has 0 aliphatic carbocycles. The van der Waals surface area contributed by atoms with E-state index in [1.807, 2.05) is 6.92 Å². The fraction of sp³-hybridized carbons (Fsp3) is 0.292. The predicted octanol–water partition coefficient (Wildman–Crippen LogP) is 6.62. The van der Waals surface area contributed by atoms with Gasteiger partial charge in [-0.3, -0.25) is 4.40 Å². The zero-order chi connectivity index (χ0) is 26.9. The molecule has 0 unspecified atom stereocenters. The minimum Gasteiger partial charge on any atom is -0.485 e. The zero-order valence-electron chi connectivity index (χ0n) is 19.5. The molecular formula is C24H19ClF5N3O4. The molecule has 0 atom stereocenters. The summed E-state index contributed by atoms with van der Waals surface area (Å²) in [5, 5.41) is -0.467. The maximum Gasteiger partial charge on any atom is 0.491 e. The minimum absolute atomic E-state index is 0.0197. The van der Waals surface area contributed by atoms with Crippen molar-refractivity contribution in [3.05, 3.63) is 64.1 Å². The molecule has 0 N–H and O–H groups in total. The van der Waals surface area contributed by atoms with E-state index in [0.29, 0.717) is 12.1 Å². The molecule has 37 heavy (non-hydrogen) atoms. The number of imidazole rings is 1. The molecule has 13 heteroatoms. The molecule has 0 aliphatic heterocycles. The van der Waals surface area contributed by atoms with Gasteiger partial charge in [-0.15, -0.1) is 0 Å². The molecular weight excluding hydrogens is 525 g/mol. The summed E-state index contributed by atoms with van der Waals surface area (Å²) in [4.78, 5) is 20.4. The van der Waals surface area contributed by atoms with Crippen LogP contribution in [0.3, 0.4) is 0 Å². The Bertz CT molecular complexity index is 1440. The Kier molecular flexibility index (Phi) is 7.39. The molecule has 4 aromatic rings. The Morgan fingerprint density at radius 3 is 2.54 bits per heavy atom. The van der Waals surface area contributed by atoms with Crippen LogP contribution >= 0.6 is 11.6 Å². The summed E-state index contributed by atoms with van der Waals surface area (Å²) in [6.07, 6.45) is -1.61. The summed E-state index contributed by atoms with van der Waals surface area (Å²) < 4.78 is 83.9. The van der Waals surface area contributed by atoms with Crippen molar-refractivity contribution in [2.75, 3.05) is 0 Å². The number of pyridine rings is 1. The quantitative estimate of drug-likeness (QED) is 0.184. The fourth-order valence-electron chi connectivity index (χ4n) is 3.55. The molecule has 0 amide bonds. The van der Waals surface area contributed by atoms with Gasteiger partial charge >= 0.3 is 12.1 Å². The van der Waals surface area contributed by atoms with Crippen molar-refractivity contribution in [1.82, 2.24) is 14.4 Å². The van der Waals surface area contributed by atoms with E-state index < -0.39 is 41.3 Å². The number of aromatic nitrogens is 3. The highest BCUT2D eigenvalue weighted by Crippen LogP contribution is 2.39. The Morgan fingerprint density at radius 2 is 1.89 bits per heavy atom. The van der Waals surface area contributed by atoms with E-state index in [9.17, 15) is 26.7 Å². The predicted molar refractivity (Wildman–Crippen MR) is 121 cm³/mol. The monoisotopic (exact) mass is 543 g/mol. The highest BCUT2D eigenvalue weighted by Gasteiger charge is 2.42. The van der Waals surface area contributed by atoms with Gasteiger partial charge in [-0.05, 0) is 31.9 Å². The van der Waals surface area contributed by atoms with Crippen molar-refractivity contribution in [2.24, 2.45) is 0 Å². The number of nitrogens with zero attached hydrogens (tertiary/aromatic N) is 3. The second kappa shape index (κ2) is 10.4. The second-order valence-electron chi connectivity index (χ2n) is 7.99.